The van der Waals surface area contributed by atoms with Gasteiger partial charge in [-0.3, -0.25) is 4.79 Å². The average molecular weight is 357 g/mol. The van der Waals surface area contributed by atoms with Crippen LogP contribution >= 0.6 is 24.0 Å². The van der Waals surface area contributed by atoms with E-state index in [4.69, 9.17) is 26.8 Å². The molecule has 0 atom stereocenters. The number of hydrogen-bond donors (Lipinski definition) is 2. The largest absolute Gasteiger partial charge is 0.486 e. The average Bonchev–Trinajstić information content (AvgIpc) is 2.45. The van der Waals surface area contributed by atoms with Crippen LogP contribution in [0.3, 0.4) is 0 Å². The highest BCUT2D eigenvalue weighted by atomic mass is 35.5. The van der Waals surface area contributed by atoms with Crippen molar-refractivity contribution in [1.29, 1.82) is 0 Å². The summed E-state index contributed by atoms with van der Waals surface area (Å²) in [6.45, 7) is -0.813. The number of alkyl halides is 2. The summed E-state index contributed by atoms with van der Waals surface area (Å²) in [4.78, 5) is 11.7. The minimum atomic E-state index is -3.11. The van der Waals surface area contributed by atoms with Crippen molar-refractivity contribution in [3.63, 3.8) is 0 Å². The molecule has 9 heteroatoms. The first-order valence-corrected chi connectivity index (χ1v) is 6.72. The number of nitrogens with one attached hydrogen (secondary N) is 1. The summed E-state index contributed by atoms with van der Waals surface area (Å²) in [6.07, 6.45) is -0.0863. The van der Waals surface area contributed by atoms with Crippen molar-refractivity contribution >= 4 is 29.9 Å². The number of benzene rings is 1. The first-order valence-electron chi connectivity index (χ1n) is 6.34. The molecular formula is C13H16Cl2F2N2O3. The number of hydrogen-bond acceptors (Lipinski definition) is 4. The van der Waals surface area contributed by atoms with Crippen LogP contribution in [-0.4, -0.2) is 38.1 Å². The predicted molar refractivity (Wildman–Crippen MR) is 80.4 cm³/mol. The van der Waals surface area contributed by atoms with E-state index in [9.17, 15) is 13.6 Å². The zero-order valence-corrected chi connectivity index (χ0v) is 13.1. The third-order valence-electron chi connectivity index (χ3n) is 2.86. The Morgan fingerprint density at radius 1 is 1.36 bits per heavy atom. The molecule has 3 N–H and O–H groups in total. The van der Waals surface area contributed by atoms with E-state index < -0.39 is 24.9 Å². The van der Waals surface area contributed by atoms with Gasteiger partial charge in [0.1, 0.15) is 13.2 Å². The quantitative estimate of drug-likeness (QED) is 0.843. The van der Waals surface area contributed by atoms with Crippen molar-refractivity contribution in [2.75, 3.05) is 26.3 Å². The van der Waals surface area contributed by atoms with Gasteiger partial charge in [-0.1, -0.05) is 11.6 Å². The standard InChI is InChI=1S/C13H15ClF2N2O3.ClH/c14-9-3-8(4-10-12(9)21-2-1-20-10)5-11(19)18-7-13(15,16)6-17;/h3-4H,1-2,5-7,17H2,(H,18,19);1H. The Kier molecular flexibility index (Phi) is 6.65. The lowest BCUT2D eigenvalue weighted by Crippen LogP contribution is -2.42. The first kappa shape index (κ1) is 18.7. The highest BCUT2D eigenvalue weighted by molar-refractivity contribution is 6.32. The molecule has 1 aliphatic rings. The Balaban J connectivity index is 0.00000242. The number of halogens is 4. The lowest BCUT2D eigenvalue weighted by Gasteiger charge is -2.20. The molecule has 1 heterocycles. The van der Waals surface area contributed by atoms with Gasteiger partial charge in [-0.05, 0) is 17.7 Å². The highest BCUT2D eigenvalue weighted by Crippen LogP contribution is 2.38. The van der Waals surface area contributed by atoms with E-state index in [1.54, 1.807) is 12.1 Å². The second-order valence-electron chi connectivity index (χ2n) is 4.62. The summed E-state index contributed by atoms with van der Waals surface area (Å²) in [6, 6.07) is 3.16. The summed E-state index contributed by atoms with van der Waals surface area (Å²) in [7, 11) is 0. The topological polar surface area (TPSA) is 73.6 Å². The van der Waals surface area contributed by atoms with E-state index in [1.165, 1.54) is 0 Å². The maximum Gasteiger partial charge on any atom is 0.277 e. The van der Waals surface area contributed by atoms with Crippen LogP contribution in [0.15, 0.2) is 12.1 Å². The maximum atomic E-state index is 12.9. The maximum absolute atomic E-state index is 12.9. The number of carbonyl (C=O) groups is 1. The van der Waals surface area contributed by atoms with Gasteiger partial charge in [-0.2, -0.15) is 0 Å². The number of ether oxygens (including phenoxy) is 2. The van der Waals surface area contributed by atoms with Gasteiger partial charge in [0.15, 0.2) is 11.5 Å². The van der Waals surface area contributed by atoms with Gasteiger partial charge in [0.25, 0.3) is 5.92 Å². The smallest absolute Gasteiger partial charge is 0.277 e. The minimum absolute atomic E-state index is 0. The number of fused-ring (bicyclic) bond motifs is 1. The monoisotopic (exact) mass is 356 g/mol. The Bertz CT molecular complexity index is 544. The lowest BCUT2D eigenvalue weighted by atomic mass is 10.1. The molecule has 1 amide bonds. The molecule has 1 aromatic carbocycles. The molecule has 0 aliphatic carbocycles. The second-order valence-corrected chi connectivity index (χ2v) is 5.02. The van der Waals surface area contributed by atoms with E-state index in [1.807, 2.05) is 0 Å². The lowest BCUT2D eigenvalue weighted by molar-refractivity contribution is -0.122. The third kappa shape index (κ3) is 4.86. The molecule has 5 nitrogen and oxygen atoms in total. The van der Waals surface area contributed by atoms with Crippen molar-refractivity contribution in [2.45, 2.75) is 12.3 Å². The van der Waals surface area contributed by atoms with E-state index >= 15 is 0 Å². The van der Waals surface area contributed by atoms with Crippen LogP contribution in [0.4, 0.5) is 8.78 Å². The fraction of sp³-hybridized carbons (Fsp3) is 0.462. The Morgan fingerprint density at radius 2 is 2.05 bits per heavy atom. The van der Waals surface area contributed by atoms with Gasteiger partial charge in [-0.25, -0.2) is 8.78 Å². The molecule has 1 aliphatic heterocycles. The molecule has 0 unspecified atom stereocenters. The van der Waals surface area contributed by atoms with Crippen molar-refractivity contribution < 1.29 is 23.0 Å². The Morgan fingerprint density at radius 3 is 2.73 bits per heavy atom. The van der Waals surface area contributed by atoms with Crippen LogP contribution < -0.4 is 20.5 Å². The molecule has 0 bridgehead atoms. The van der Waals surface area contributed by atoms with E-state index in [-0.39, 0.29) is 18.8 Å². The molecular weight excluding hydrogens is 341 g/mol. The summed E-state index contributed by atoms with van der Waals surface area (Å²) in [5.41, 5.74) is 5.45. The Hall–Kier alpha value is -1.31. The van der Waals surface area contributed by atoms with Crippen molar-refractivity contribution in [3.8, 4) is 11.5 Å². The SMILES string of the molecule is Cl.NCC(F)(F)CNC(=O)Cc1cc(Cl)c2c(c1)OCCO2. The van der Waals surface area contributed by atoms with Gasteiger partial charge in [-0.15, -0.1) is 12.4 Å². The molecule has 0 fully saturated rings. The van der Waals surface area contributed by atoms with E-state index in [2.05, 4.69) is 5.32 Å². The van der Waals surface area contributed by atoms with Crippen molar-refractivity contribution in [3.05, 3.63) is 22.7 Å². The van der Waals surface area contributed by atoms with Gasteiger partial charge in [0.05, 0.1) is 24.5 Å². The first-order chi connectivity index (χ1) is 9.91. The zero-order chi connectivity index (χ0) is 15.5. The second kappa shape index (κ2) is 7.80. The summed E-state index contributed by atoms with van der Waals surface area (Å²) in [5.74, 6) is -2.78. The molecule has 124 valence electrons. The normalized spacial score (nSPS) is 13.3. The third-order valence-corrected chi connectivity index (χ3v) is 3.14. The molecule has 0 spiro atoms. The van der Waals surface area contributed by atoms with Gasteiger partial charge in [0.2, 0.25) is 5.91 Å². The van der Waals surface area contributed by atoms with Crippen molar-refractivity contribution in [2.24, 2.45) is 5.73 Å². The van der Waals surface area contributed by atoms with Crippen LogP contribution in [0, 0.1) is 0 Å². The van der Waals surface area contributed by atoms with E-state index in [0.717, 1.165) is 0 Å². The molecule has 0 saturated heterocycles. The molecule has 0 saturated carbocycles. The number of rotatable bonds is 5. The highest BCUT2D eigenvalue weighted by Gasteiger charge is 2.27. The fourth-order valence-electron chi connectivity index (χ4n) is 1.81. The van der Waals surface area contributed by atoms with Crippen molar-refractivity contribution in [1.82, 2.24) is 5.32 Å². The van der Waals surface area contributed by atoms with Crippen LogP contribution in [0.25, 0.3) is 0 Å². The number of nitrogens with two attached hydrogens (primary N) is 1. The molecule has 0 radical (unpaired) electrons. The van der Waals surface area contributed by atoms with Crippen LogP contribution in [0.1, 0.15) is 5.56 Å². The number of carbonyl (C=O) groups excluding carboxylic acids is 1. The fourth-order valence-corrected chi connectivity index (χ4v) is 2.10. The summed E-state index contributed by atoms with van der Waals surface area (Å²) < 4.78 is 36.6. The number of amides is 1. The van der Waals surface area contributed by atoms with Crippen LogP contribution in [0.2, 0.25) is 5.02 Å². The van der Waals surface area contributed by atoms with Gasteiger partial charge in [0, 0.05) is 0 Å². The predicted octanol–water partition coefficient (Wildman–Crippen LogP) is 1.79. The summed E-state index contributed by atoms with van der Waals surface area (Å²) >= 11 is 6.03. The van der Waals surface area contributed by atoms with Gasteiger partial charge < -0.3 is 20.5 Å². The molecule has 1 aromatic rings. The van der Waals surface area contributed by atoms with E-state index in [0.29, 0.717) is 35.3 Å². The van der Waals surface area contributed by atoms with Gasteiger partial charge >= 0.3 is 0 Å². The zero-order valence-electron chi connectivity index (χ0n) is 11.5. The molecule has 2 rings (SSSR count). The Labute approximate surface area is 137 Å². The van der Waals surface area contributed by atoms with Crippen LogP contribution in [0.5, 0.6) is 11.5 Å². The van der Waals surface area contributed by atoms with Crippen LogP contribution in [-0.2, 0) is 11.2 Å². The molecule has 22 heavy (non-hydrogen) atoms. The molecule has 0 aromatic heterocycles. The summed E-state index contributed by atoms with van der Waals surface area (Å²) in [5, 5.41) is 2.46. The minimum Gasteiger partial charge on any atom is -0.486 e.